The summed E-state index contributed by atoms with van der Waals surface area (Å²) >= 11 is 0. The van der Waals surface area contributed by atoms with Crippen LogP contribution in [-0.2, 0) is 6.42 Å². The molecule has 1 aromatic rings. The van der Waals surface area contributed by atoms with E-state index < -0.39 is 0 Å². The highest BCUT2D eigenvalue weighted by Crippen LogP contribution is 2.31. The molecule has 114 valence electrons. The van der Waals surface area contributed by atoms with E-state index in [2.05, 4.69) is 24.8 Å². The van der Waals surface area contributed by atoms with Crippen LogP contribution in [0.15, 0.2) is 18.2 Å². The Kier molecular flexibility index (Phi) is 8.07. The van der Waals surface area contributed by atoms with Gasteiger partial charge < -0.3 is 20.1 Å². The first-order chi connectivity index (χ1) is 9.76. The third kappa shape index (κ3) is 5.02. The van der Waals surface area contributed by atoms with Gasteiger partial charge in [-0.3, -0.25) is 0 Å². The second-order valence-electron chi connectivity index (χ2n) is 4.59. The second-order valence-corrected chi connectivity index (χ2v) is 4.59. The summed E-state index contributed by atoms with van der Waals surface area (Å²) in [6.07, 6.45) is 0.807. The zero-order valence-corrected chi connectivity index (χ0v) is 13.0. The van der Waals surface area contributed by atoms with Crippen LogP contribution >= 0.6 is 0 Å². The molecule has 0 saturated carbocycles. The van der Waals surface area contributed by atoms with Gasteiger partial charge in [0.15, 0.2) is 11.5 Å². The van der Waals surface area contributed by atoms with Crippen LogP contribution in [0.3, 0.4) is 0 Å². The predicted octanol–water partition coefficient (Wildman–Crippen LogP) is 2.31. The summed E-state index contributed by atoms with van der Waals surface area (Å²) in [4.78, 5) is 2.34. The average molecular weight is 280 g/mol. The van der Waals surface area contributed by atoms with Crippen LogP contribution in [-0.4, -0.2) is 44.3 Å². The van der Waals surface area contributed by atoms with Crippen molar-refractivity contribution in [3.05, 3.63) is 23.8 Å². The van der Waals surface area contributed by atoms with Crippen LogP contribution in [0, 0.1) is 0 Å². The summed E-state index contributed by atoms with van der Waals surface area (Å²) in [5, 5.41) is 0. The molecule has 0 fully saturated rings. The van der Waals surface area contributed by atoms with E-state index in [1.54, 1.807) is 0 Å². The molecule has 0 spiro atoms. The minimum atomic E-state index is 0.613. The Hall–Kier alpha value is -1.26. The molecule has 0 aliphatic heterocycles. The van der Waals surface area contributed by atoms with Crippen molar-refractivity contribution in [2.24, 2.45) is 5.73 Å². The molecule has 0 aliphatic rings. The standard InChI is InChI=1S/C16H28N2O2/c1-4-18(5-2)12-13-20-16-14(10-11-17)8-7-9-15(16)19-6-3/h7-9H,4-6,10-13,17H2,1-3H3. The molecular formula is C16H28N2O2. The molecule has 1 aromatic carbocycles. The maximum atomic E-state index is 5.99. The van der Waals surface area contributed by atoms with Crippen LogP contribution < -0.4 is 15.2 Å². The number of likely N-dealkylation sites (N-methyl/N-ethyl adjacent to an activating group) is 1. The molecule has 0 heterocycles. The van der Waals surface area contributed by atoms with Gasteiger partial charge in [-0.25, -0.2) is 0 Å². The lowest BCUT2D eigenvalue weighted by molar-refractivity contribution is 0.213. The van der Waals surface area contributed by atoms with E-state index in [1.165, 1.54) is 0 Å². The Morgan fingerprint density at radius 1 is 1.10 bits per heavy atom. The smallest absolute Gasteiger partial charge is 0.164 e. The number of ether oxygens (including phenoxy) is 2. The number of rotatable bonds is 10. The van der Waals surface area contributed by atoms with Crippen LogP contribution in [0.5, 0.6) is 11.5 Å². The fourth-order valence-electron chi connectivity index (χ4n) is 2.16. The highest BCUT2D eigenvalue weighted by molar-refractivity contribution is 5.46. The molecule has 0 atom stereocenters. The Labute approximate surface area is 122 Å². The summed E-state index contributed by atoms with van der Waals surface area (Å²) in [6, 6.07) is 6.01. The average Bonchev–Trinajstić information content (AvgIpc) is 2.46. The van der Waals surface area contributed by atoms with Gasteiger partial charge in [0.05, 0.1) is 6.61 Å². The van der Waals surface area contributed by atoms with Crippen molar-refractivity contribution in [1.29, 1.82) is 0 Å². The third-order valence-corrected chi connectivity index (χ3v) is 3.32. The lowest BCUT2D eigenvalue weighted by Crippen LogP contribution is -2.28. The van der Waals surface area contributed by atoms with Crippen LogP contribution in [0.25, 0.3) is 0 Å². The van der Waals surface area contributed by atoms with Crippen LogP contribution in [0.4, 0.5) is 0 Å². The van der Waals surface area contributed by atoms with E-state index in [4.69, 9.17) is 15.2 Å². The summed E-state index contributed by atoms with van der Waals surface area (Å²) in [5.74, 6) is 1.67. The van der Waals surface area contributed by atoms with E-state index in [1.807, 2.05) is 19.1 Å². The third-order valence-electron chi connectivity index (χ3n) is 3.32. The number of para-hydroxylation sites is 1. The Balaban J connectivity index is 2.73. The number of hydrogen-bond acceptors (Lipinski definition) is 4. The lowest BCUT2D eigenvalue weighted by Gasteiger charge is -2.20. The fourth-order valence-corrected chi connectivity index (χ4v) is 2.16. The zero-order chi connectivity index (χ0) is 14.8. The van der Waals surface area contributed by atoms with Gasteiger partial charge >= 0.3 is 0 Å². The molecule has 0 aromatic heterocycles. The second kappa shape index (κ2) is 9.61. The molecule has 0 amide bonds. The highest BCUT2D eigenvalue weighted by Gasteiger charge is 2.11. The first kappa shape index (κ1) is 16.8. The molecule has 20 heavy (non-hydrogen) atoms. The molecule has 2 N–H and O–H groups in total. The van der Waals surface area contributed by atoms with Crippen molar-refractivity contribution in [1.82, 2.24) is 4.90 Å². The van der Waals surface area contributed by atoms with E-state index in [0.29, 0.717) is 19.8 Å². The number of benzene rings is 1. The quantitative estimate of drug-likeness (QED) is 0.714. The van der Waals surface area contributed by atoms with E-state index >= 15 is 0 Å². The topological polar surface area (TPSA) is 47.7 Å². The number of nitrogens with two attached hydrogens (primary N) is 1. The van der Waals surface area contributed by atoms with Gasteiger partial charge in [-0.1, -0.05) is 26.0 Å². The van der Waals surface area contributed by atoms with Crippen molar-refractivity contribution < 1.29 is 9.47 Å². The number of hydrogen-bond donors (Lipinski definition) is 1. The van der Waals surface area contributed by atoms with Crippen molar-refractivity contribution in [2.75, 3.05) is 39.4 Å². The summed E-state index contributed by atoms with van der Waals surface area (Å²) in [7, 11) is 0. The Bertz CT molecular complexity index is 354. The first-order valence-corrected chi connectivity index (χ1v) is 7.56. The lowest BCUT2D eigenvalue weighted by atomic mass is 10.1. The molecule has 4 nitrogen and oxygen atoms in total. The van der Waals surface area contributed by atoms with Gasteiger partial charge in [0.1, 0.15) is 6.61 Å². The van der Waals surface area contributed by atoms with Gasteiger partial charge in [-0.15, -0.1) is 0 Å². The summed E-state index contributed by atoms with van der Waals surface area (Å²) < 4.78 is 11.6. The largest absolute Gasteiger partial charge is 0.490 e. The SMILES string of the molecule is CCOc1cccc(CCN)c1OCCN(CC)CC. The monoisotopic (exact) mass is 280 g/mol. The van der Waals surface area contributed by atoms with Crippen molar-refractivity contribution >= 4 is 0 Å². The number of nitrogens with zero attached hydrogens (tertiary/aromatic N) is 1. The molecular weight excluding hydrogens is 252 g/mol. The summed E-state index contributed by atoms with van der Waals surface area (Å²) in [6.45, 7) is 11.2. The molecule has 0 bridgehead atoms. The molecule has 0 saturated heterocycles. The first-order valence-electron chi connectivity index (χ1n) is 7.56. The summed E-state index contributed by atoms with van der Waals surface area (Å²) in [5.41, 5.74) is 6.79. The maximum Gasteiger partial charge on any atom is 0.164 e. The Morgan fingerprint density at radius 3 is 2.45 bits per heavy atom. The van der Waals surface area contributed by atoms with Crippen LogP contribution in [0.1, 0.15) is 26.3 Å². The van der Waals surface area contributed by atoms with E-state index in [9.17, 15) is 0 Å². The minimum absolute atomic E-state index is 0.613. The molecule has 0 aliphatic carbocycles. The highest BCUT2D eigenvalue weighted by atomic mass is 16.5. The van der Waals surface area contributed by atoms with Gasteiger partial charge in [-0.05, 0) is 44.6 Å². The van der Waals surface area contributed by atoms with Crippen molar-refractivity contribution in [3.63, 3.8) is 0 Å². The fraction of sp³-hybridized carbons (Fsp3) is 0.625. The van der Waals surface area contributed by atoms with Crippen molar-refractivity contribution in [2.45, 2.75) is 27.2 Å². The molecule has 4 heteroatoms. The molecule has 0 radical (unpaired) electrons. The molecule has 1 rings (SSSR count). The predicted molar refractivity (Wildman–Crippen MR) is 83.7 cm³/mol. The minimum Gasteiger partial charge on any atom is -0.490 e. The normalized spacial score (nSPS) is 10.8. The van der Waals surface area contributed by atoms with Gasteiger partial charge in [0.25, 0.3) is 0 Å². The van der Waals surface area contributed by atoms with Crippen molar-refractivity contribution in [3.8, 4) is 11.5 Å². The maximum absolute atomic E-state index is 5.99. The van der Waals surface area contributed by atoms with Gasteiger partial charge in [-0.2, -0.15) is 0 Å². The Morgan fingerprint density at radius 2 is 1.85 bits per heavy atom. The molecule has 0 unspecified atom stereocenters. The van der Waals surface area contributed by atoms with Crippen LogP contribution in [0.2, 0.25) is 0 Å². The van der Waals surface area contributed by atoms with Gasteiger partial charge in [0, 0.05) is 6.54 Å². The van der Waals surface area contributed by atoms with E-state index in [0.717, 1.165) is 43.1 Å². The van der Waals surface area contributed by atoms with E-state index in [-0.39, 0.29) is 0 Å². The van der Waals surface area contributed by atoms with Gasteiger partial charge in [0.2, 0.25) is 0 Å². The zero-order valence-electron chi connectivity index (χ0n) is 13.0.